The Kier molecular flexibility index (Phi) is 3.57. The highest BCUT2D eigenvalue weighted by atomic mass is 31.2. The molecule has 0 aliphatic rings. The van der Waals surface area contributed by atoms with Crippen molar-refractivity contribution in [3.8, 4) is 0 Å². The predicted octanol–water partition coefficient (Wildman–Crippen LogP) is 0.683. The quantitative estimate of drug-likeness (QED) is 0.465. The Morgan fingerprint density at radius 1 is 1.33 bits per heavy atom. The van der Waals surface area contributed by atoms with Gasteiger partial charge in [-0.05, 0) is 12.0 Å². The van der Waals surface area contributed by atoms with E-state index in [0.717, 1.165) is 0 Å². The zero-order chi connectivity index (χ0) is 11.5. The van der Waals surface area contributed by atoms with Crippen LogP contribution in [0, 0.1) is 10.1 Å². The van der Waals surface area contributed by atoms with Crippen molar-refractivity contribution in [2.45, 2.75) is 6.42 Å². The van der Waals surface area contributed by atoms with E-state index in [9.17, 15) is 19.6 Å². The lowest BCUT2D eigenvalue weighted by Gasteiger charge is -2.14. The largest absolute Gasteiger partial charge is 0.779 e. The van der Waals surface area contributed by atoms with E-state index in [1.54, 1.807) is 0 Å². The molecule has 0 radical (unpaired) electrons. The van der Waals surface area contributed by atoms with Crippen LogP contribution in [-0.4, -0.2) is 16.0 Å². The zero-order valence-electron chi connectivity index (χ0n) is 7.70. The molecule has 1 rings (SSSR count). The van der Waals surface area contributed by atoms with Crippen molar-refractivity contribution < 1.29 is 19.3 Å². The molecule has 15 heavy (non-hydrogen) atoms. The first kappa shape index (κ1) is 11.8. The molecule has 1 aromatic rings. The molecule has 6 nitrogen and oxygen atoms in total. The van der Waals surface area contributed by atoms with Crippen molar-refractivity contribution in [3.63, 3.8) is 0 Å². The summed E-state index contributed by atoms with van der Waals surface area (Å²) in [6, 6.07) is 5.52. The van der Waals surface area contributed by atoms with E-state index < -0.39 is 12.5 Å². The average Bonchev–Trinajstić information content (AvgIpc) is 2.14. The Hall–Kier alpha value is -1.23. The maximum Gasteiger partial charge on any atom is 0.269 e. The second-order valence-electron chi connectivity index (χ2n) is 3.03. The second-order valence-corrected chi connectivity index (χ2v) is 4.76. The summed E-state index contributed by atoms with van der Waals surface area (Å²) in [5.74, 6) is 0. The topological polar surface area (TPSA) is 104 Å². The standard InChI is InChI=1S/C8H10NO5P/c10-9(11)8-3-1-7(2-4-8)5-6-15(12,13)14/h1-4H,5-6H2,(H2,12,13,14)/p-1. The zero-order valence-corrected chi connectivity index (χ0v) is 8.59. The second kappa shape index (κ2) is 4.53. The lowest BCUT2D eigenvalue weighted by atomic mass is 10.1. The number of rotatable bonds is 4. The number of benzene rings is 1. The molecule has 0 amide bonds. The van der Waals surface area contributed by atoms with Crippen LogP contribution in [-0.2, 0) is 11.0 Å². The molecule has 0 fully saturated rings. The third-order valence-electron chi connectivity index (χ3n) is 1.83. The number of nitro benzene ring substituents is 1. The van der Waals surface area contributed by atoms with E-state index in [2.05, 4.69) is 0 Å². The summed E-state index contributed by atoms with van der Waals surface area (Å²) < 4.78 is 10.5. The molecule has 0 saturated carbocycles. The van der Waals surface area contributed by atoms with Gasteiger partial charge in [-0.1, -0.05) is 12.1 Å². The molecule has 82 valence electrons. The highest BCUT2D eigenvalue weighted by Crippen LogP contribution is 2.29. The first-order valence-corrected chi connectivity index (χ1v) is 5.91. The van der Waals surface area contributed by atoms with Gasteiger partial charge in [0.1, 0.15) is 7.60 Å². The molecule has 0 aliphatic carbocycles. The summed E-state index contributed by atoms with van der Waals surface area (Å²) >= 11 is 0. The van der Waals surface area contributed by atoms with Gasteiger partial charge in [0.05, 0.1) is 4.92 Å². The summed E-state index contributed by atoms with van der Waals surface area (Å²) in [5.41, 5.74) is 0.582. The third kappa shape index (κ3) is 4.20. The number of nitro groups is 1. The molecule has 7 heteroatoms. The van der Waals surface area contributed by atoms with Gasteiger partial charge in [-0.15, -0.1) is 0 Å². The molecule has 1 atom stereocenters. The molecule has 1 unspecified atom stereocenters. The van der Waals surface area contributed by atoms with Gasteiger partial charge in [0.2, 0.25) is 0 Å². The molecule has 0 heterocycles. The lowest BCUT2D eigenvalue weighted by Crippen LogP contribution is -2.05. The number of nitrogens with zero attached hydrogens (tertiary/aromatic N) is 1. The Morgan fingerprint density at radius 2 is 1.87 bits per heavy atom. The van der Waals surface area contributed by atoms with Crippen molar-refractivity contribution in [1.82, 2.24) is 0 Å². The fourth-order valence-electron chi connectivity index (χ4n) is 1.05. The third-order valence-corrected chi connectivity index (χ3v) is 2.62. The monoisotopic (exact) mass is 230 g/mol. The molecule has 0 aromatic heterocycles. The van der Waals surface area contributed by atoms with Gasteiger partial charge in [0, 0.05) is 18.3 Å². The summed E-state index contributed by atoms with van der Waals surface area (Å²) in [6.07, 6.45) is -0.208. The molecular weight excluding hydrogens is 221 g/mol. The van der Waals surface area contributed by atoms with E-state index in [1.807, 2.05) is 0 Å². The summed E-state index contributed by atoms with van der Waals surface area (Å²) in [5, 5.41) is 10.3. The first-order chi connectivity index (χ1) is 6.88. The normalized spacial score (nSPS) is 14.5. The Morgan fingerprint density at radius 3 is 2.27 bits per heavy atom. The molecule has 0 bridgehead atoms. The number of non-ortho nitro benzene ring substituents is 1. The number of hydrogen-bond donors (Lipinski definition) is 1. The smallest absolute Gasteiger partial charge is 0.269 e. The Labute approximate surface area is 85.9 Å². The van der Waals surface area contributed by atoms with Gasteiger partial charge >= 0.3 is 0 Å². The van der Waals surface area contributed by atoms with E-state index in [4.69, 9.17) is 4.89 Å². The molecule has 1 N–H and O–H groups in total. The van der Waals surface area contributed by atoms with Crippen LogP contribution in [0.1, 0.15) is 5.56 Å². The fourth-order valence-corrected chi connectivity index (χ4v) is 1.60. The Bertz CT molecular complexity index is 396. The SMILES string of the molecule is O=[N+]([O-])c1ccc(CCP(=O)([O-])O)cc1. The fraction of sp³-hybridized carbons (Fsp3) is 0.250. The molecular formula is C8H9NO5P-. The van der Waals surface area contributed by atoms with Crippen molar-refractivity contribution in [2.24, 2.45) is 0 Å². The summed E-state index contributed by atoms with van der Waals surface area (Å²) in [7, 11) is -4.25. The van der Waals surface area contributed by atoms with Crippen LogP contribution in [0.2, 0.25) is 0 Å². The van der Waals surface area contributed by atoms with E-state index >= 15 is 0 Å². The molecule has 0 saturated heterocycles. The number of aryl methyl sites for hydroxylation is 1. The van der Waals surface area contributed by atoms with Gasteiger partial charge in [0.15, 0.2) is 0 Å². The minimum absolute atomic E-state index is 0.0481. The van der Waals surface area contributed by atoms with Gasteiger partial charge in [-0.25, -0.2) is 0 Å². The molecule has 0 spiro atoms. The lowest BCUT2D eigenvalue weighted by molar-refractivity contribution is -0.384. The van der Waals surface area contributed by atoms with Crippen molar-refractivity contribution in [3.05, 3.63) is 39.9 Å². The van der Waals surface area contributed by atoms with Crippen LogP contribution in [0.15, 0.2) is 24.3 Å². The molecule has 0 aliphatic heterocycles. The van der Waals surface area contributed by atoms with E-state index in [-0.39, 0.29) is 18.3 Å². The van der Waals surface area contributed by atoms with Crippen LogP contribution >= 0.6 is 7.60 Å². The molecule has 1 aromatic carbocycles. The minimum Gasteiger partial charge on any atom is -0.779 e. The minimum atomic E-state index is -4.25. The van der Waals surface area contributed by atoms with Crippen LogP contribution in [0.3, 0.4) is 0 Å². The van der Waals surface area contributed by atoms with Crippen LogP contribution in [0.4, 0.5) is 5.69 Å². The predicted molar refractivity (Wildman–Crippen MR) is 51.5 cm³/mol. The van der Waals surface area contributed by atoms with Crippen LogP contribution in [0.25, 0.3) is 0 Å². The summed E-state index contributed by atoms with van der Waals surface area (Å²) in [6.45, 7) is 0. The van der Waals surface area contributed by atoms with Crippen molar-refractivity contribution in [1.29, 1.82) is 0 Å². The van der Waals surface area contributed by atoms with E-state index in [1.165, 1.54) is 24.3 Å². The van der Waals surface area contributed by atoms with Crippen molar-refractivity contribution in [2.75, 3.05) is 6.16 Å². The maximum atomic E-state index is 10.5. The first-order valence-electron chi connectivity index (χ1n) is 4.15. The Balaban J connectivity index is 2.65. The van der Waals surface area contributed by atoms with Crippen LogP contribution in [0.5, 0.6) is 0 Å². The maximum absolute atomic E-state index is 10.5. The van der Waals surface area contributed by atoms with Crippen molar-refractivity contribution >= 4 is 13.3 Å². The van der Waals surface area contributed by atoms with E-state index in [0.29, 0.717) is 5.56 Å². The number of hydrogen-bond acceptors (Lipinski definition) is 4. The highest BCUT2D eigenvalue weighted by molar-refractivity contribution is 7.50. The van der Waals surface area contributed by atoms with Gasteiger partial charge in [-0.3, -0.25) is 10.1 Å². The average molecular weight is 230 g/mol. The highest BCUT2D eigenvalue weighted by Gasteiger charge is 2.06. The van der Waals surface area contributed by atoms with Gasteiger partial charge in [-0.2, -0.15) is 0 Å². The van der Waals surface area contributed by atoms with Gasteiger partial charge in [0.25, 0.3) is 5.69 Å². The van der Waals surface area contributed by atoms with Crippen LogP contribution < -0.4 is 4.89 Å². The van der Waals surface area contributed by atoms with Gasteiger partial charge < -0.3 is 14.4 Å². The summed E-state index contributed by atoms with van der Waals surface area (Å²) in [4.78, 5) is 28.7.